The zero-order valence-corrected chi connectivity index (χ0v) is 12.2. The normalized spacial score (nSPS) is 17.0. The molecule has 0 radical (unpaired) electrons. The van der Waals surface area contributed by atoms with Gasteiger partial charge in [-0.1, -0.05) is 12.1 Å². The molecule has 3 rings (SSSR count). The van der Waals surface area contributed by atoms with Crippen LogP contribution in [0.1, 0.15) is 12.0 Å². The predicted octanol–water partition coefficient (Wildman–Crippen LogP) is 0.477. The monoisotopic (exact) mass is 319 g/mol. The van der Waals surface area contributed by atoms with Gasteiger partial charge in [0.25, 0.3) is 10.0 Å². The fourth-order valence-corrected chi connectivity index (χ4v) is 3.31. The van der Waals surface area contributed by atoms with Crippen molar-refractivity contribution < 1.29 is 13.2 Å². The Morgan fingerprint density at radius 3 is 2.86 bits per heavy atom. The second kappa shape index (κ2) is 5.60. The van der Waals surface area contributed by atoms with Gasteiger partial charge in [-0.2, -0.15) is 5.10 Å². The lowest BCUT2D eigenvalue weighted by molar-refractivity contribution is -0.116. The predicted molar refractivity (Wildman–Crippen MR) is 80.0 cm³/mol. The highest BCUT2D eigenvalue weighted by atomic mass is 32.2. The molecular formula is C13H13N5O3S. The summed E-state index contributed by atoms with van der Waals surface area (Å²) in [5, 5.41) is 8.95. The summed E-state index contributed by atoms with van der Waals surface area (Å²) >= 11 is 0. The van der Waals surface area contributed by atoms with Crippen LogP contribution >= 0.6 is 0 Å². The number of anilines is 1. The SMILES string of the molecule is O=C(CCN=C1NS(=O)(=O)c2ccccc21)Nc1ccn[nH]1. The first-order chi connectivity index (χ1) is 10.6. The van der Waals surface area contributed by atoms with Crippen LogP contribution in [0, 0.1) is 0 Å². The van der Waals surface area contributed by atoms with E-state index in [-0.39, 0.29) is 29.6 Å². The Labute approximate surface area is 126 Å². The summed E-state index contributed by atoms with van der Waals surface area (Å²) in [6.45, 7) is 0.173. The third kappa shape index (κ3) is 2.84. The summed E-state index contributed by atoms with van der Waals surface area (Å²) < 4.78 is 26.2. The minimum atomic E-state index is -3.54. The van der Waals surface area contributed by atoms with Crippen molar-refractivity contribution >= 4 is 27.6 Å². The van der Waals surface area contributed by atoms with Gasteiger partial charge in [-0.05, 0) is 12.1 Å². The molecule has 3 N–H and O–H groups in total. The van der Waals surface area contributed by atoms with Crippen molar-refractivity contribution in [3.05, 3.63) is 42.1 Å². The molecule has 22 heavy (non-hydrogen) atoms. The van der Waals surface area contributed by atoms with Crippen LogP contribution in [0.3, 0.4) is 0 Å². The summed E-state index contributed by atoms with van der Waals surface area (Å²) in [6, 6.07) is 8.22. The zero-order valence-electron chi connectivity index (χ0n) is 11.4. The topological polar surface area (TPSA) is 116 Å². The van der Waals surface area contributed by atoms with Crippen molar-refractivity contribution in [1.82, 2.24) is 14.9 Å². The number of carbonyl (C=O) groups excluding carboxylic acids is 1. The van der Waals surface area contributed by atoms with Crippen LogP contribution in [-0.2, 0) is 14.8 Å². The van der Waals surface area contributed by atoms with Gasteiger partial charge >= 0.3 is 0 Å². The number of nitrogens with zero attached hydrogens (tertiary/aromatic N) is 2. The van der Waals surface area contributed by atoms with Crippen LogP contribution in [0.15, 0.2) is 46.4 Å². The molecule has 0 spiro atoms. The van der Waals surface area contributed by atoms with E-state index in [0.29, 0.717) is 11.4 Å². The number of H-pyrrole nitrogens is 1. The molecule has 1 aromatic carbocycles. The van der Waals surface area contributed by atoms with Gasteiger partial charge in [0, 0.05) is 18.1 Å². The lowest BCUT2D eigenvalue weighted by Crippen LogP contribution is -2.23. The minimum absolute atomic E-state index is 0.131. The Morgan fingerprint density at radius 2 is 2.09 bits per heavy atom. The number of nitrogens with one attached hydrogen (secondary N) is 3. The molecule has 1 aliphatic rings. The summed E-state index contributed by atoms with van der Waals surface area (Å²) in [7, 11) is -3.54. The first-order valence-corrected chi connectivity index (χ1v) is 8.00. The summed E-state index contributed by atoms with van der Waals surface area (Å²) in [6.07, 6.45) is 1.66. The van der Waals surface area contributed by atoms with Gasteiger partial charge < -0.3 is 5.32 Å². The lowest BCUT2D eigenvalue weighted by Gasteiger charge is -2.01. The molecule has 0 saturated carbocycles. The highest BCUT2D eigenvalue weighted by Crippen LogP contribution is 2.22. The van der Waals surface area contributed by atoms with Crippen LogP contribution < -0.4 is 10.0 Å². The Hall–Kier alpha value is -2.68. The second-order valence-electron chi connectivity index (χ2n) is 4.60. The standard InChI is InChI=1S/C13H13N5O3S/c19-12(16-11-5-8-15-17-11)6-7-14-13-9-3-1-2-4-10(9)22(20,21)18-13/h1-5,8H,6-7H2,(H,14,18)(H2,15,16,17,19). The van der Waals surface area contributed by atoms with Gasteiger partial charge in [-0.3, -0.25) is 19.6 Å². The van der Waals surface area contributed by atoms with Gasteiger partial charge in [0.2, 0.25) is 5.91 Å². The van der Waals surface area contributed by atoms with E-state index >= 15 is 0 Å². The van der Waals surface area contributed by atoms with E-state index in [4.69, 9.17) is 0 Å². The largest absolute Gasteiger partial charge is 0.311 e. The summed E-state index contributed by atoms with van der Waals surface area (Å²) in [5.74, 6) is 0.539. The number of aliphatic imine (C=N–C) groups is 1. The summed E-state index contributed by atoms with van der Waals surface area (Å²) in [5.41, 5.74) is 0.525. The third-order valence-corrected chi connectivity index (χ3v) is 4.44. The Kier molecular flexibility index (Phi) is 3.63. The molecule has 0 atom stereocenters. The molecule has 114 valence electrons. The number of aromatic amines is 1. The Balaban J connectivity index is 1.66. The number of sulfonamides is 1. The van der Waals surface area contributed by atoms with E-state index in [9.17, 15) is 13.2 Å². The van der Waals surface area contributed by atoms with Crippen LogP contribution in [0.2, 0.25) is 0 Å². The van der Waals surface area contributed by atoms with Gasteiger partial charge in [0.1, 0.15) is 11.7 Å². The number of amides is 1. The molecular weight excluding hydrogens is 306 g/mol. The highest BCUT2D eigenvalue weighted by molar-refractivity contribution is 7.90. The number of hydrogen-bond acceptors (Lipinski definition) is 5. The zero-order chi connectivity index (χ0) is 15.6. The van der Waals surface area contributed by atoms with Crippen molar-refractivity contribution in [2.75, 3.05) is 11.9 Å². The van der Waals surface area contributed by atoms with Crippen LogP contribution in [-0.4, -0.2) is 36.9 Å². The number of fused-ring (bicyclic) bond motifs is 1. The minimum Gasteiger partial charge on any atom is -0.311 e. The van der Waals surface area contributed by atoms with Gasteiger partial charge in [0.05, 0.1) is 17.6 Å². The molecule has 1 aliphatic heterocycles. The molecule has 0 aliphatic carbocycles. The van der Waals surface area contributed by atoms with Crippen LogP contribution in [0.4, 0.5) is 5.82 Å². The Morgan fingerprint density at radius 1 is 1.27 bits per heavy atom. The average molecular weight is 319 g/mol. The lowest BCUT2D eigenvalue weighted by atomic mass is 10.2. The third-order valence-electron chi connectivity index (χ3n) is 3.05. The molecule has 0 saturated heterocycles. The smallest absolute Gasteiger partial charge is 0.263 e. The number of amidine groups is 1. The number of rotatable bonds is 4. The van der Waals surface area contributed by atoms with E-state index in [0.717, 1.165) is 0 Å². The number of benzene rings is 1. The first-order valence-electron chi connectivity index (χ1n) is 6.52. The van der Waals surface area contributed by atoms with Crippen molar-refractivity contribution in [2.24, 2.45) is 4.99 Å². The van der Waals surface area contributed by atoms with E-state index in [1.807, 2.05) is 0 Å². The van der Waals surface area contributed by atoms with E-state index < -0.39 is 10.0 Å². The first kappa shape index (κ1) is 14.3. The maximum absolute atomic E-state index is 11.9. The molecule has 2 aromatic rings. The molecule has 0 unspecified atom stereocenters. The average Bonchev–Trinajstić information content (AvgIpc) is 3.07. The molecule has 1 amide bonds. The fraction of sp³-hybridized carbons (Fsp3) is 0.154. The van der Waals surface area contributed by atoms with E-state index in [2.05, 4.69) is 25.2 Å². The molecule has 0 bridgehead atoms. The summed E-state index contributed by atoms with van der Waals surface area (Å²) in [4.78, 5) is 16.1. The molecule has 1 aromatic heterocycles. The number of carbonyl (C=O) groups is 1. The van der Waals surface area contributed by atoms with E-state index in [1.54, 1.807) is 24.3 Å². The van der Waals surface area contributed by atoms with Gasteiger partial charge in [-0.15, -0.1) is 0 Å². The Bertz CT molecular complexity index is 827. The van der Waals surface area contributed by atoms with Crippen molar-refractivity contribution in [3.63, 3.8) is 0 Å². The molecule has 0 fully saturated rings. The van der Waals surface area contributed by atoms with Crippen LogP contribution in [0.25, 0.3) is 0 Å². The second-order valence-corrected chi connectivity index (χ2v) is 6.25. The fourth-order valence-electron chi connectivity index (χ4n) is 2.06. The number of aromatic nitrogens is 2. The molecule has 2 heterocycles. The maximum Gasteiger partial charge on any atom is 0.263 e. The van der Waals surface area contributed by atoms with Gasteiger partial charge in [-0.25, -0.2) is 8.42 Å². The van der Waals surface area contributed by atoms with Crippen molar-refractivity contribution in [1.29, 1.82) is 0 Å². The quantitative estimate of drug-likeness (QED) is 0.759. The van der Waals surface area contributed by atoms with E-state index in [1.165, 1.54) is 12.3 Å². The number of hydrogen-bond donors (Lipinski definition) is 3. The van der Waals surface area contributed by atoms with Crippen molar-refractivity contribution in [3.8, 4) is 0 Å². The van der Waals surface area contributed by atoms with Crippen LogP contribution in [0.5, 0.6) is 0 Å². The highest BCUT2D eigenvalue weighted by Gasteiger charge is 2.29. The van der Waals surface area contributed by atoms with Crippen molar-refractivity contribution in [2.45, 2.75) is 11.3 Å². The van der Waals surface area contributed by atoms with Gasteiger partial charge in [0.15, 0.2) is 0 Å². The molecule has 9 heteroatoms. The maximum atomic E-state index is 11.9. The molecule has 8 nitrogen and oxygen atoms in total.